The molecule has 0 fully saturated rings. The molecular weight excluding hydrogens is 154 g/mol. The highest BCUT2D eigenvalue weighted by atomic mass is 16.1. The molecule has 4 N–H and O–H groups in total. The quantitative estimate of drug-likeness (QED) is 0.364. The largest absolute Gasteiger partial charge is 0.370 e. The lowest BCUT2D eigenvalue weighted by atomic mass is 10.1. The second-order valence-electron chi connectivity index (χ2n) is 2.74. The summed E-state index contributed by atoms with van der Waals surface area (Å²) in [5, 5.41) is 0. The molecule has 4 heteroatoms. The zero-order chi connectivity index (χ0) is 9.40. The SMILES string of the molecule is CCCCCCC(=O)N=C(N)N. The first kappa shape index (κ1) is 10.9. The predicted molar refractivity (Wildman–Crippen MR) is 49.6 cm³/mol. The minimum Gasteiger partial charge on any atom is -0.370 e. The van der Waals surface area contributed by atoms with Crippen molar-refractivity contribution >= 4 is 11.9 Å². The van der Waals surface area contributed by atoms with Gasteiger partial charge in [0.1, 0.15) is 0 Å². The molecule has 0 aromatic heterocycles. The van der Waals surface area contributed by atoms with E-state index >= 15 is 0 Å². The molecule has 0 atom stereocenters. The van der Waals surface area contributed by atoms with E-state index in [2.05, 4.69) is 11.9 Å². The summed E-state index contributed by atoms with van der Waals surface area (Å²) in [7, 11) is 0. The topological polar surface area (TPSA) is 81.5 Å². The number of rotatable bonds is 5. The van der Waals surface area contributed by atoms with E-state index in [1.54, 1.807) is 0 Å². The molecule has 0 saturated heterocycles. The van der Waals surface area contributed by atoms with Crippen molar-refractivity contribution in [3.63, 3.8) is 0 Å². The fraction of sp³-hybridized carbons (Fsp3) is 0.750. The Morgan fingerprint density at radius 1 is 1.25 bits per heavy atom. The molecule has 0 aliphatic rings. The van der Waals surface area contributed by atoms with Crippen molar-refractivity contribution in [2.24, 2.45) is 16.5 Å². The van der Waals surface area contributed by atoms with Crippen LogP contribution in [-0.2, 0) is 4.79 Å². The standard InChI is InChI=1S/C8H17N3O/c1-2-3-4-5-6-7(12)11-8(9)10/h2-6H2,1H3,(H4,9,10,11,12). The minimum atomic E-state index is -0.217. The van der Waals surface area contributed by atoms with Gasteiger partial charge in [-0.3, -0.25) is 4.79 Å². The predicted octanol–water partition coefficient (Wildman–Crippen LogP) is 0.757. The van der Waals surface area contributed by atoms with E-state index in [-0.39, 0.29) is 11.9 Å². The molecule has 0 aromatic carbocycles. The van der Waals surface area contributed by atoms with Crippen molar-refractivity contribution < 1.29 is 4.79 Å². The molecule has 0 spiro atoms. The molecule has 0 aromatic rings. The molecule has 0 bridgehead atoms. The van der Waals surface area contributed by atoms with Gasteiger partial charge in [-0.2, -0.15) is 4.99 Å². The van der Waals surface area contributed by atoms with E-state index in [9.17, 15) is 4.79 Å². The van der Waals surface area contributed by atoms with Gasteiger partial charge in [0.15, 0.2) is 5.96 Å². The third-order valence-electron chi connectivity index (χ3n) is 1.50. The summed E-state index contributed by atoms with van der Waals surface area (Å²) in [6.45, 7) is 2.12. The van der Waals surface area contributed by atoms with Crippen molar-refractivity contribution in [2.45, 2.75) is 39.0 Å². The molecule has 0 saturated carbocycles. The number of carbonyl (C=O) groups excluding carboxylic acids is 1. The van der Waals surface area contributed by atoms with Crippen LogP contribution in [0.1, 0.15) is 39.0 Å². The Balaban J connectivity index is 3.39. The summed E-state index contributed by atoms with van der Waals surface area (Å²) >= 11 is 0. The van der Waals surface area contributed by atoms with Crippen LogP contribution in [0.4, 0.5) is 0 Å². The fourth-order valence-electron chi connectivity index (χ4n) is 0.903. The highest BCUT2D eigenvalue weighted by Crippen LogP contribution is 2.02. The summed E-state index contributed by atoms with van der Waals surface area (Å²) < 4.78 is 0. The van der Waals surface area contributed by atoms with Crippen LogP contribution >= 0.6 is 0 Å². The lowest BCUT2D eigenvalue weighted by Gasteiger charge is -1.95. The fourth-order valence-corrected chi connectivity index (χ4v) is 0.903. The van der Waals surface area contributed by atoms with Crippen LogP contribution in [0.3, 0.4) is 0 Å². The van der Waals surface area contributed by atoms with E-state index in [0.29, 0.717) is 6.42 Å². The number of hydrogen-bond donors (Lipinski definition) is 2. The molecule has 0 heterocycles. The number of nitrogens with zero attached hydrogens (tertiary/aromatic N) is 1. The molecule has 70 valence electrons. The van der Waals surface area contributed by atoms with Gasteiger partial charge >= 0.3 is 0 Å². The van der Waals surface area contributed by atoms with Crippen molar-refractivity contribution in [3.8, 4) is 0 Å². The van der Waals surface area contributed by atoms with Crippen LogP contribution in [-0.4, -0.2) is 11.9 Å². The Kier molecular flexibility index (Phi) is 6.05. The third-order valence-corrected chi connectivity index (χ3v) is 1.50. The van der Waals surface area contributed by atoms with Gasteiger partial charge in [0.2, 0.25) is 5.91 Å². The maximum atomic E-state index is 10.9. The zero-order valence-corrected chi connectivity index (χ0v) is 7.55. The van der Waals surface area contributed by atoms with Crippen LogP contribution < -0.4 is 11.5 Å². The molecule has 0 aliphatic carbocycles. The summed E-state index contributed by atoms with van der Waals surface area (Å²) in [4.78, 5) is 14.3. The van der Waals surface area contributed by atoms with E-state index in [1.165, 1.54) is 0 Å². The average molecular weight is 171 g/mol. The number of carbonyl (C=O) groups is 1. The Morgan fingerprint density at radius 2 is 1.92 bits per heavy atom. The lowest BCUT2D eigenvalue weighted by molar-refractivity contribution is -0.117. The minimum absolute atomic E-state index is 0.143. The van der Waals surface area contributed by atoms with Gasteiger partial charge in [-0.05, 0) is 6.42 Å². The highest BCUT2D eigenvalue weighted by Gasteiger charge is 1.98. The van der Waals surface area contributed by atoms with Crippen molar-refractivity contribution in [3.05, 3.63) is 0 Å². The van der Waals surface area contributed by atoms with Crippen LogP contribution in [0, 0.1) is 0 Å². The maximum absolute atomic E-state index is 10.9. The second kappa shape index (κ2) is 6.64. The Morgan fingerprint density at radius 3 is 2.42 bits per heavy atom. The van der Waals surface area contributed by atoms with Gasteiger partial charge < -0.3 is 11.5 Å². The summed E-state index contributed by atoms with van der Waals surface area (Å²) in [6.07, 6.45) is 4.73. The van der Waals surface area contributed by atoms with Crippen molar-refractivity contribution in [2.75, 3.05) is 0 Å². The number of hydrogen-bond acceptors (Lipinski definition) is 1. The number of nitrogens with two attached hydrogens (primary N) is 2. The van der Waals surface area contributed by atoms with Gasteiger partial charge in [0.05, 0.1) is 0 Å². The number of aliphatic imine (C=N–C) groups is 1. The average Bonchev–Trinajstić information content (AvgIpc) is 1.97. The maximum Gasteiger partial charge on any atom is 0.248 e. The summed E-state index contributed by atoms with van der Waals surface area (Å²) in [6, 6.07) is 0. The van der Waals surface area contributed by atoms with Gasteiger partial charge in [0.25, 0.3) is 0 Å². The van der Waals surface area contributed by atoms with Crippen molar-refractivity contribution in [1.29, 1.82) is 0 Å². The number of guanidine groups is 1. The van der Waals surface area contributed by atoms with Gasteiger partial charge in [-0.15, -0.1) is 0 Å². The lowest BCUT2D eigenvalue weighted by Crippen LogP contribution is -2.24. The molecule has 1 amide bonds. The van der Waals surface area contributed by atoms with Gasteiger partial charge in [-0.1, -0.05) is 26.2 Å². The first-order chi connectivity index (χ1) is 5.66. The van der Waals surface area contributed by atoms with Gasteiger partial charge in [0, 0.05) is 6.42 Å². The van der Waals surface area contributed by atoms with Crippen LogP contribution in [0.5, 0.6) is 0 Å². The molecule has 4 nitrogen and oxygen atoms in total. The summed E-state index contributed by atoms with van der Waals surface area (Å²) in [5.74, 6) is -0.360. The monoisotopic (exact) mass is 171 g/mol. The second-order valence-corrected chi connectivity index (χ2v) is 2.74. The number of unbranched alkanes of at least 4 members (excludes halogenated alkanes) is 3. The van der Waals surface area contributed by atoms with Crippen LogP contribution in [0.25, 0.3) is 0 Å². The van der Waals surface area contributed by atoms with Crippen LogP contribution in [0.15, 0.2) is 4.99 Å². The molecule has 12 heavy (non-hydrogen) atoms. The molecule has 0 unspecified atom stereocenters. The Hall–Kier alpha value is -1.06. The third kappa shape index (κ3) is 7.05. The molecule has 0 aliphatic heterocycles. The molecule has 0 radical (unpaired) electrons. The van der Waals surface area contributed by atoms with E-state index in [4.69, 9.17) is 11.5 Å². The Labute approximate surface area is 73.0 Å². The normalized spacial score (nSPS) is 9.42. The smallest absolute Gasteiger partial charge is 0.248 e. The van der Waals surface area contributed by atoms with E-state index in [1.807, 2.05) is 0 Å². The Bertz CT molecular complexity index is 162. The summed E-state index contributed by atoms with van der Waals surface area (Å²) in [5.41, 5.74) is 10.1. The van der Waals surface area contributed by atoms with Crippen molar-refractivity contribution in [1.82, 2.24) is 0 Å². The van der Waals surface area contributed by atoms with E-state index < -0.39 is 0 Å². The molecule has 0 rings (SSSR count). The van der Waals surface area contributed by atoms with E-state index in [0.717, 1.165) is 25.7 Å². The van der Waals surface area contributed by atoms with Gasteiger partial charge in [-0.25, -0.2) is 0 Å². The molecular formula is C8H17N3O. The van der Waals surface area contributed by atoms with Crippen LogP contribution in [0.2, 0.25) is 0 Å². The number of amides is 1. The first-order valence-electron chi connectivity index (χ1n) is 4.29. The zero-order valence-electron chi connectivity index (χ0n) is 7.55. The highest BCUT2D eigenvalue weighted by molar-refractivity contribution is 5.91. The first-order valence-corrected chi connectivity index (χ1v) is 4.29.